The van der Waals surface area contributed by atoms with Crippen molar-refractivity contribution in [2.24, 2.45) is 0 Å². The van der Waals surface area contributed by atoms with Gasteiger partial charge in [-0.25, -0.2) is 13.8 Å². The molecule has 2 aromatic heterocycles. The lowest BCUT2D eigenvalue weighted by Crippen LogP contribution is -2.40. The van der Waals surface area contributed by atoms with Crippen LogP contribution in [0, 0.1) is 34.8 Å². The highest BCUT2D eigenvalue weighted by molar-refractivity contribution is 7.23. The largest absolute Gasteiger partial charge is 0.389 e. The molecule has 0 saturated carbocycles. The van der Waals surface area contributed by atoms with E-state index in [0.29, 0.717) is 23.4 Å². The van der Waals surface area contributed by atoms with Gasteiger partial charge in [-0.15, -0.1) is 11.3 Å². The quantitative estimate of drug-likeness (QED) is 0.268. The number of benzene rings is 2. The molecule has 0 bridgehead atoms. The zero-order chi connectivity index (χ0) is 30.6. The summed E-state index contributed by atoms with van der Waals surface area (Å²) in [5.41, 5.74) is 13.6. The summed E-state index contributed by atoms with van der Waals surface area (Å²) in [5.74, 6) is 4.69. The van der Waals surface area contributed by atoms with Gasteiger partial charge < -0.3 is 16.4 Å². The monoisotopic (exact) mass is 616 g/mol. The number of aromatic nitrogens is 1. The van der Waals surface area contributed by atoms with Crippen LogP contribution in [0.15, 0.2) is 30.5 Å². The van der Waals surface area contributed by atoms with Crippen molar-refractivity contribution in [1.82, 2.24) is 14.8 Å². The number of likely N-dealkylation sites (tertiary alicyclic amines) is 1. The number of amides is 1. The normalized spacial score (nSPS) is 17.4. The van der Waals surface area contributed by atoms with Gasteiger partial charge in [-0.1, -0.05) is 35.6 Å². The van der Waals surface area contributed by atoms with Crippen molar-refractivity contribution in [3.63, 3.8) is 0 Å². The zero-order valence-electron chi connectivity index (χ0n) is 23.5. The van der Waals surface area contributed by atoms with Crippen molar-refractivity contribution >= 4 is 49.7 Å². The van der Waals surface area contributed by atoms with Crippen LogP contribution in [0.3, 0.4) is 0 Å². The minimum absolute atomic E-state index is 0.0270. The fraction of sp³-hybridized carbons (Fsp3) is 0.281. The van der Waals surface area contributed by atoms with Crippen LogP contribution < -0.4 is 11.5 Å². The zero-order valence-corrected chi connectivity index (χ0v) is 25.0. The maximum atomic E-state index is 16.9. The van der Waals surface area contributed by atoms with Crippen LogP contribution in [-0.2, 0) is 6.42 Å². The van der Waals surface area contributed by atoms with Crippen molar-refractivity contribution in [3.8, 4) is 29.0 Å². The van der Waals surface area contributed by atoms with Gasteiger partial charge in [0, 0.05) is 29.3 Å². The molecule has 0 spiro atoms. The lowest BCUT2D eigenvalue weighted by molar-refractivity contribution is 0.0672. The molecule has 11 heteroatoms. The topological polar surface area (TPSA) is 112 Å². The number of halogens is 3. The van der Waals surface area contributed by atoms with Gasteiger partial charge in [-0.3, -0.25) is 9.69 Å². The van der Waals surface area contributed by atoms with E-state index in [-0.39, 0.29) is 60.5 Å². The van der Waals surface area contributed by atoms with Crippen molar-refractivity contribution in [2.45, 2.75) is 38.3 Å². The smallest absolute Gasteiger partial charge is 0.256 e. The molecule has 0 aliphatic carbocycles. The van der Waals surface area contributed by atoms with E-state index in [1.54, 1.807) is 17.2 Å². The van der Waals surface area contributed by atoms with E-state index in [1.807, 2.05) is 26.1 Å². The molecular formula is C32H27ClF2N6OS. The molecule has 4 N–H and O–H groups in total. The first-order chi connectivity index (χ1) is 20.6. The summed E-state index contributed by atoms with van der Waals surface area (Å²) in [4.78, 5) is 22.1. The Morgan fingerprint density at radius 1 is 1.19 bits per heavy atom. The van der Waals surface area contributed by atoms with Gasteiger partial charge in [0.15, 0.2) is 0 Å². The van der Waals surface area contributed by atoms with Crippen LogP contribution in [0.4, 0.5) is 19.6 Å². The molecule has 43 heavy (non-hydrogen) atoms. The van der Waals surface area contributed by atoms with Crippen molar-refractivity contribution in [2.75, 3.05) is 31.6 Å². The first-order valence-corrected chi connectivity index (χ1v) is 15.0. The second kappa shape index (κ2) is 11.1. The van der Waals surface area contributed by atoms with Gasteiger partial charge in [0.25, 0.3) is 5.91 Å². The minimum atomic E-state index is -0.804. The van der Waals surface area contributed by atoms with Crippen LogP contribution in [0.5, 0.6) is 0 Å². The molecule has 1 amide bonds. The minimum Gasteiger partial charge on any atom is -0.389 e. The third-order valence-corrected chi connectivity index (χ3v) is 9.87. The number of nitrogens with zero attached hydrogens (tertiary/aromatic N) is 4. The summed E-state index contributed by atoms with van der Waals surface area (Å²) in [6, 6.07) is 7.64. The predicted octanol–water partition coefficient (Wildman–Crippen LogP) is 6.14. The van der Waals surface area contributed by atoms with E-state index in [4.69, 9.17) is 23.1 Å². The van der Waals surface area contributed by atoms with E-state index in [9.17, 15) is 14.4 Å². The number of nitrogens with two attached hydrogens (primary N) is 2. The third kappa shape index (κ3) is 4.67. The number of nitriles is 1. The molecule has 1 fully saturated rings. The first-order valence-electron chi connectivity index (χ1n) is 13.8. The Kier molecular flexibility index (Phi) is 7.47. The average molecular weight is 617 g/mol. The molecule has 2 unspecified atom stereocenters. The number of carbonyl (C=O) groups is 1. The second-order valence-corrected chi connectivity index (χ2v) is 12.2. The summed E-state index contributed by atoms with van der Waals surface area (Å²) >= 11 is 7.88. The van der Waals surface area contributed by atoms with Crippen molar-refractivity contribution in [1.29, 1.82) is 5.26 Å². The summed E-state index contributed by atoms with van der Waals surface area (Å²) in [5, 5.41) is 10.2. The fourth-order valence-corrected chi connectivity index (χ4v) is 7.45. The number of pyridine rings is 1. The highest BCUT2D eigenvalue weighted by Gasteiger charge is 2.37. The van der Waals surface area contributed by atoms with Crippen LogP contribution in [0.1, 0.15) is 58.4 Å². The van der Waals surface area contributed by atoms with Crippen molar-refractivity contribution < 1.29 is 13.6 Å². The number of hydrogen-bond acceptors (Lipinski definition) is 7. The summed E-state index contributed by atoms with van der Waals surface area (Å²) in [6.45, 7) is 3.01. The molecule has 1 saturated heterocycles. The maximum Gasteiger partial charge on any atom is 0.256 e. The number of thiophene rings is 1. The van der Waals surface area contributed by atoms with Gasteiger partial charge in [-0.2, -0.15) is 5.26 Å². The van der Waals surface area contributed by atoms with Gasteiger partial charge >= 0.3 is 0 Å². The molecule has 7 nitrogen and oxygen atoms in total. The molecule has 4 heterocycles. The molecule has 2 aliphatic heterocycles. The molecule has 2 aliphatic rings. The van der Waals surface area contributed by atoms with E-state index in [1.165, 1.54) is 12.1 Å². The highest BCUT2D eigenvalue weighted by Crippen LogP contribution is 2.47. The lowest BCUT2D eigenvalue weighted by atomic mass is 9.86. The summed E-state index contributed by atoms with van der Waals surface area (Å²) in [7, 11) is 1.96. The number of fused-ring (bicyclic) bond motifs is 2. The number of rotatable bonds is 3. The van der Waals surface area contributed by atoms with Crippen LogP contribution in [0.2, 0.25) is 5.02 Å². The van der Waals surface area contributed by atoms with E-state index >= 15 is 4.39 Å². The number of carbonyl (C=O) groups excluding carboxylic acids is 1. The van der Waals surface area contributed by atoms with Crippen LogP contribution >= 0.6 is 22.9 Å². The Morgan fingerprint density at radius 3 is 2.67 bits per heavy atom. The highest BCUT2D eigenvalue weighted by atomic mass is 35.5. The van der Waals surface area contributed by atoms with Gasteiger partial charge in [0.05, 0.1) is 38.5 Å². The number of nitrogen functional groups attached to an aromatic ring is 2. The Labute approximate surface area is 256 Å². The Balaban J connectivity index is 1.60. The number of anilines is 2. The average Bonchev–Trinajstić information content (AvgIpc) is 3.56. The van der Waals surface area contributed by atoms with Crippen LogP contribution in [0.25, 0.3) is 21.2 Å². The van der Waals surface area contributed by atoms with Gasteiger partial charge in [0.2, 0.25) is 0 Å². The van der Waals surface area contributed by atoms with E-state index < -0.39 is 23.6 Å². The Bertz CT molecular complexity index is 1920. The van der Waals surface area contributed by atoms with Crippen LogP contribution in [-0.4, -0.2) is 46.9 Å². The molecule has 218 valence electrons. The molecule has 2 aromatic carbocycles. The van der Waals surface area contributed by atoms with E-state index in [2.05, 4.69) is 21.7 Å². The van der Waals surface area contributed by atoms with E-state index in [0.717, 1.165) is 30.7 Å². The third-order valence-electron chi connectivity index (χ3n) is 8.42. The Hall–Kier alpha value is -4.22. The fourth-order valence-electron chi connectivity index (χ4n) is 6.12. The standard InChI is InChI=1S/C32H27ClF2N6OS/c1-16(18-6-3-12-39-30(18)37)41-14-11-20-25(32(41)42)21(8-7-17-5-4-13-40(17)2)28(35)26(27(20)33)19-9-10-23(34)29-24(19)22(15-36)31(38)43-29/h3,6,9-10,12,16-17H,4-5,11,13-14,38H2,1-2H3,(H2,37,39). The van der Waals surface area contributed by atoms with Gasteiger partial charge in [0.1, 0.15) is 28.5 Å². The van der Waals surface area contributed by atoms with Crippen molar-refractivity contribution in [3.05, 3.63) is 74.9 Å². The SMILES string of the molecule is CC(c1cccnc1N)N1CCc2c(Cl)c(-c3ccc(F)c4sc(N)c(C#N)c34)c(F)c(C#CC3CCCN3C)c2C1=O. The molecule has 0 radical (unpaired) electrons. The molecular weight excluding hydrogens is 590 g/mol. The summed E-state index contributed by atoms with van der Waals surface area (Å²) in [6.07, 6.45) is 3.68. The number of hydrogen-bond donors (Lipinski definition) is 2. The molecule has 6 rings (SSSR count). The molecule has 2 atom stereocenters. The predicted molar refractivity (Wildman–Crippen MR) is 166 cm³/mol. The second-order valence-electron chi connectivity index (χ2n) is 10.8. The maximum absolute atomic E-state index is 16.9. The van der Waals surface area contributed by atoms with Gasteiger partial charge in [-0.05, 0) is 63.0 Å². The Morgan fingerprint density at radius 2 is 1.98 bits per heavy atom. The summed E-state index contributed by atoms with van der Waals surface area (Å²) < 4.78 is 31.9. The molecule has 4 aromatic rings. The lowest BCUT2D eigenvalue weighted by Gasteiger charge is -2.35. The first kappa shape index (κ1) is 28.9.